The summed E-state index contributed by atoms with van der Waals surface area (Å²) in [5.41, 5.74) is 0. The van der Waals surface area contributed by atoms with Crippen molar-refractivity contribution in [1.29, 1.82) is 0 Å². The predicted molar refractivity (Wildman–Crippen MR) is 55.5 cm³/mol. The Kier molecular flexibility index (Phi) is 2.99. The minimum atomic E-state index is -0.662. The standard InChI is InChI=1S/C11H17NO4/c1-6(2)7(13)5-12-10(14)8-3-4-9(16-8)11(12)15/h6-9,13H,3-5H2,1-2H3. The fraction of sp³-hybridized carbons (Fsp3) is 0.818. The lowest BCUT2D eigenvalue weighted by Crippen LogP contribution is -2.54. The van der Waals surface area contributed by atoms with Gasteiger partial charge in [-0.2, -0.15) is 0 Å². The number of aliphatic hydroxyl groups is 1. The van der Waals surface area contributed by atoms with Crippen molar-refractivity contribution < 1.29 is 19.4 Å². The van der Waals surface area contributed by atoms with Gasteiger partial charge in [0.1, 0.15) is 12.2 Å². The second kappa shape index (κ2) is 4.14. The lowest BCUT2D eigenvalue weighted by molar-refractivity contribution is -0.170. The summed E-state index contributed by atoms with van der Waals surface area (Å²) in [6.07, 6.45) is -0.373. The summed E-state index contributed by atoms with van der Waals surface area (Å²) in [7, 11) is 0. The summed E-state index contributed by atoms with van der Waals surface area (Å²) < 4.78 is 5.27. The smallest absolute Gasteiger partial charge is 0.258 e. The third-order valence-electron chi connectivity index (χ3n) is 3.24. The Morgan fingerprint density at radius 3 is 2.25 bits per heavy atom. The van der Waals surface area contributed by atoms with Gasteiger partial charge >= 0.3 is 0 Å². The van der Waals surface area contributed by atoms with Gasteiger partial charge in [-0.3, -0.25) is 14.5 Å². The van der Waals surface area contributed by atoms with Crippen molar-refractivity contribution in [3.8, 4) is 0 Å². The van der Waals surface area contributed by atoms with Crippen LogP contribution in [0.1, 0.15) is 26.7 Å². The van der Waals surface area contributed by atoms with Crippen LogP contribution < -0.4 is 0 Å². The van der Waals surface area contributed by atoms with Gasteiger partial charge in [-0.25, -0.2) is 0 Å². The molecule has 2 fully saturated rings. The average Bonchev–Trinajstić information content (AvgIpc) is 2.68. The summed E-state index contributed by atoms with van der Waals surface area (Å²) >= 11 is 0. The van der Waals surface area contributed by atoms with E-state index in [1.165, 1.54) is 0 Å². The van der Waals surface area contributed by atoms with Crippen LogP contribution in [0.3, 0.4) is 0 Å². The number of ether oxygens (including phenoxy) is 1. The van der Waals surface area contributed by atoms with Gasteiger partial charge in [-0.1, -0.05) is 13.8 Å². The fourth-order valence-corrected chi connectivity index (χ4v) is 2.03. The van der Waals surface area contributed by atoms with Crippen molar-refractivity contribution in [3.63, 3.8) is 0 Å². The fourth-order valence-electron chi connectivity index (χ4n) is 2.03. The molecule has 2 amide bonds. The largest absolute Gasteiger partial charge is 0.391 e. The lowest BCUT2D eigenvalue weighted by Gasteiger charge is -2.32. The number of fused-ring (bicyclic) bond motifs is 2. The number of nitrogens with zero attached hydrogens (tertiary/aromatic N) is 1. The van der Waals surface area contributed by atoms with E-state index in [1.807, 2.05) is 13.8 Å². The number of imide groups is 1. The number of hydrogen-bond acceptors (Lipinski definition) is 4. The minimum absolute atomic E-state index is 0.0288. The van der Waals surface area contributed by atoms with Crippen LogP contribution in [0.25, 0.3) is 0 Å². The highest BCUT2D eigenvalue weighted by molar-refractivity contribution is 6.02. The zero-order valence-electron chi connectivity index (χ0n) is 9.55. The minimum Gasteiger partial charge on any atom is -0.391 e. The molecule has 2 heterocycles. The Morgan fingerprint density at radius 2 is 1.81 bits per heavy atom. The van der Waals surface area contributed by atoms with Gasteiger partial charge in [-0.05, 0) is 18.8 Å². The third kappa shape index (κ3) is 1.85. The van der Waals surface area contributed by atoms with Gasteiger partial charge in [-0.15, -0.1) is 0 Å². The number of morpholine rings is 1. The molecule has 3 unspecified atom stereocenters. The number of rotatable bonds is 3. The maximum atomic E-state index is 11.8. The van der Waals surface area contributed by atoms with Crippen molar-refractivity contribution in [3.05, 3.63) is 0 Å². The van der Waals surface area contributed by atoms with Gasteiger partial charge < -0.3 is 9.84 Å². The van der Waals surface area contributed by atoms with E-state index in [0.29, 0.717) is 12.8 Å². The zero-order valence-corrected chi connectivity index (χ0v) is 9.55. The first-order valence-corrected chi connectivity index (χ1v) is 5.69. The molecule has 2 rings (SSSR count). The summed E-state index contributed by atoms with van der Waals surface area (Å²) in [4.78, 5) is 24.8. The molecule has 5 nitrogen and oxygen atoms in total. The number of likely N-dealkylation sites (tertiary alicyclic amines) is 1. The summed E-state index contributed by atoms with van der Waals surface area (Å²) in [6.45, 7) is 3.80. The number of β-amino-alcohol motifs (C(OH)–C–C–N with tert-alkyl or cyclic N) is 1. The van der Waals surface area contributed by atoms with E-state index < -0.39 is 18.3 Å². The van der Waals surface area contributed by atoms with Gasteiger partial charge in [0.05, 0.1) is 12.6 Å². The third-order valence-corrected chi connectivity index (χ3v) is 3.24. The molecule has 0 aromatic carbocycles. The van der Waals surface area contributed by atoms with Gasteiger partial charge in [0.25, 0.3) is 11.8 Å². The molecule has 0 aromatic rings. The molecule has 2 bridgehead atoms. The molecular formula is C11H17NO4. The molecule has 2 saturated heterocycles. The summed E-state index contributed by atoms with van der Waals surface area (Å²) in [6, 6.07) is 0. The van der Waals surface area contributed by atoms with E-state index in [-0.39, 0.29) is 24.3 Å². The van der Waals surface area contributed by atoms with Crippen molar-refractivity contribution in [2.45, 2.75) is 45.0 Å². The molecule has 1 N–H and O–H groups in total. The molecule has 0 aromatic heterocycles. The van der Waals surface area contributed by atoms with E-state index >= 15 is 0 Å². The van der Waals surface area contributed by atoms with Crippen molar-refractivity contribution >= 4 is 11.8 Å². The molecule has 90 valence electrons. The Morgan fingerprint density at radius 1 is 1.31 bits per heavy atom. The molecule has 3 atom stereocenters. The highest BCUT2D eigenvalue weighted by Gasteiger charge is 2.46. The maximum Gasteiger partial charge on any atom is 0.258 e. The molecule has 2 aliphatic heterocycles. The first-order valence-electron chi connectivity index (χ1n) is 5.69. The van der Waals surface area contributed by atoms with Crippen LogP contribution >= 0.6 is 0 Å². The van der Waals surface area contributed by atoms with E-state index in [4.69, 9.17) is 4.74 Å². The van der Waals surface area contributed by atoms with E-state index in [1.54, 1.807) is 0 Å². The molecule has 2 aliphatic rings. The maximum absolute atomic E-state index is 11.8. The highest BCUT2D eigenvalue weighted by atomic mass is 16.5. The van der Waals surface area contributed by atoms with E-state index in [2.05, 4.69) is 0 Å². The first kappa shape index (κ1) is 11.5. The molecule has 0 saturated carbocycles. The molecular weight excluding hydrogens is 210 g/mol. The number of carbonyl (C=O) groups excluding carboxylic acids is 2. The van der Waals surface area contributed by atoms with Crippen LogP contribution in [-0.4, -0.2) is 46.7 Å². The van der Waals surface area contributed by atoms with Crippen molar-refractivity contribution in [1.82, 2.24) is 4.90 Å². The topological polar surface area (TPSA) is 66.8 Å². The van der Waals surface area contributed by atoms with Crippen LogP contribution in [-0.2, 0) is 14.3 Å². The average molecular weight is 227 g/mol. The number of amides is 2. The number of carbonyl (C=O) groups is 2. The van der Waals surface area contributed by atoms with E-state index in [0.717, 1.165) is 4.90 Å². The van der Waals surface area contributed by atoms with Crippen LogP contribution in [0.15, 0.2) is 0 Å². The molecule has 0 radical (unpaired) electrons. The Balaban J connectivity index is 2.08. The second-order valence-corrected chi connectivity index (χ2v) is 4.79. The van der Waals surface area contributed by atoms with Crippen LogP contribution in [0.2, 0.25) is 0 Å². The summed E-state index contributed by atoms with van der Waals surface area (Å²) in [5, 5.41) is 9.72. The second-order valence-electron chi connectivity index (χ2n) is 4.79. The Hall–Kier alpha value is -0.940. The molecule has 0 spiro atoms. The highest BCUT2D eigenvalue weighted by Crippen LogP contribution is 2.28. The molecule has 0 aliphatic carbocycles. The Labute approximate surface area is 94.4 Å². The van der Waals surface area contributed by atoms with Crippen LogP contribution in [0, 0.1) is 5.92 Å². The van der Waals surface area contributed by atoms with E-state index in [9.17, 15) is 14.7 Å². The lowest BCUT2D eigenvalue weighted by atomic mass is 10.1. The molecule has 5 heteroatoms. The van der Waals surface area contributed by atoms with Gasteiger partial charge in [0.15, 0.2) is 0 Å². The number of aliphatic hydroxyl groups excluding tert-OH is 1. The Bertz CT molecular complexity index is 293. The normalized spacial score (nSPS) is 31.4. The van der Waals surface area contributed by atoms with Crippen molar-refractivity contribution in [2.24, 2.45) is 5.92 Å². The molecule has 16 heavy (non-hydrogen) atoms. The first-order chi connectivity index (χ1) is 7.50. The zero-order chi connectivity index (χ0) is 11.9. The van der Waals surface area contributed by atoms with Crippen molar-refractivity contribution in [2.75, 3.05) is 6.54 Å². The number of hydrogen-bond donors (Lipinski definition) is 1. The summed E-state index contributed by atoms with van der Waals surface area (Å²) in [5.74, 6) is -0.557. The predicted octanol–water partition coefficient (Wildman–Crippen LogP) is -0.0803. The SMILES string of the molecule is CC(C)C(O)CN1C(=O)C2CCC(O2)C1=O. The van der Waals surface area contributed by atoms with Gasteiger partial charge in [0.2, 0.25) is 0 Å². The van der Waals surface area contributed by atoms with Gasteiger partial charge in [0, 0.05) is 0 Å². The van der Waals surface area contributed by atoms with Crippen LogP contribution in [0.4, 0.5) is 0 Å². The van der Waals surface area contributed by atoms with Crippen LogP contribution in [0.5, 0.6) is 0 Å². The quantitative estimate of drug-likeness (QED) is 0.685. The monoisotopic (exact) mass is 227 g/mol.